The number of rotatable bonds is 2. The van der Waals surface area contributed by atoms with E-state index in [0.717, 1.165) is 65.9 Å². The van der Waals surface area contributed by atoms with E-state index in [2.05, 4.69) is 107 Å². The second kappa shape index (κ2) is 8.88. The molecule has 4 aromatic heterocycles. The van der Waals surface area contributed by atoms with Gasteiger partial charge in [-0.25, -0.2) is 0 Å². The van der Waals surface area contributed by atoms with Crippen molar-refractivity contribution in [3.8, 4) is 22.3 Å². The molecule has 9 aromatic rings. The van der Waals surface area contributed by atoms with E-state index >= 15 is 0 Å². The fourth-order valence-corrected chi connectivity index (χ4v) is 6.30. The predicted molar refractivity (Wildman–Crippen MR) is 174 cm³/mol. The summed E-state index contributed by atoms with van der Waals surface area (Å²) in [6.07, 6.45) is 7.62. The molecule has 0 saturated heterocycles. The summed E-state index contributed by atoms with van der Waals surface area (Å²) in [6.45, 7) is 0. The topological polar surface area (TPSA) is 51.6 Å². The molecule has 0 aliphatic carbocycles. The van der Waals surface area contributed by atoms with Crippen LogP contribution < -0.4 is 0 Å². The van der Waals surface area contributed by atoms with Gasteiger partial charge in [0.15, 0.2) is 0 Å². The summed E-state index contributed by atoms with van der Waals surface area (Å²) in [4.78, 5) is 19.0. The van der Waals surface area contributed by atoms with Crippen molar-refractivity contribution >= 4 is 65.2 Å². The van der Waals surface area contributed by atoms with Crippen LogP contribution in [-0.4, -0.2) is 19.9 Å². The lowest BCUT2D eigenvalue weighted by molar-refractivity contribution is 1.37. The van der Waals surface area contributed by atoms with Crippen molar-refractivity contribution in [2.45, 2.75) is 0 Å². The largest absolute Gasteiger partial charge is 0.254 e. The Balaban J connectivity index is 1.28. The summed E-state index contributed by atoms with van der Waals surface area (Å²) in [6, 6.07) is 38.7. The third kappa shape index (κ3) is 3.49. The van der Waals surface area contributed by atoms with Crippen LogP contribution in [0, 0.1) is 0 Å². The Morgan fingerprint density at radius 2 is 0.762 bits per heavy atom. The van der Waals surface area contributed by atoms with Gasteiger partial charge in [0.25, 0.3) is 0 Å². The van der Waals surface area contributed by atoms with E-state index in [1.165, 1.54) is 21.5 Å². The molecule has 0 aliphatic heterocycles. The Kier molecular flexibility index (Phi) is 4.87. The van der Waals surface area contributed by atoms with E-state index in [1.807, 2.05) is 36.9 Å². The minimum Gasteiger partial charge on any atom is -0.254 e. The molecular weight excluding hydrogens is 512 g/mol. The van der Waals surface area contributed by atoms with E-state index in [-0.39, 0.29) is 0 Å². The van der Waals surface area contributed by atoms with Crippen molar-refractivity contribution in [3.05, 3.63) is 134 Å². The highest BCUT2D eigenvalue weighted by Gasteiger charge is 2.14. The first-order valence-electron chi connectivity index (χ1n) is 14.0. The van der Waals surface area contributed by atoms with E-state index in [9.17, 15) is 0 Å². The molecule has 9 rings (SSSR count). The molecule has 0 N–H and O–H groups in total. The van der Waals surface area contributed by atoms with Crippen LogP contribution in [0.4, 0.5) is 0 Å². The van der Waals surface area contributed by atoms with Gasteiger partial charge in [-0.15, -0.1) is 0 Å². The minimum absolute atomic E-state index is 0.924. The zero-order chi connectivity index (χ0) is 27.6. The molecule has 42 heavy (non-hydrogen) atoms. The van der Waals surface area contributed by atoms with Gasteiger partial charge in [0, 0.05) is 57.5 Å². The maximum absolute atomic E-state index is 4.92. The smallest absolute Gasteiger partial charge is 0.0964 e. The monoisotopic (exact) mass is 534 g/mol. The Morgan fingerprint density at radius 1 is 0.333 bits per heavy atom. The van der Waals surface area contributed by atoms with Crippen LogP contribution in [0.3, 0.4) is 0 Å². The summed E-state index contributed by atoms with van der Waals surface area (Å²) in [7, 11) is 0. The normalized spacial score (nSPS) is 11.8. The average molecular weight is 535 g/mol. The van der Waals surface area contributed by atoms with Crippen LogP contribution in [0.15, 0.2) is 134 Å². The molecule has 0 fully saturated rings. The number of benzene rings is 5. The maximum Gasteiger partial charge on any atom is 0.0964 e. The number of pyridine rings is 4. The summed E-state index contributed by atoms with van der Waals surface area (Å²) in [5.41, 5.74) is 8.18. The lowest BCUT2D eigenvalue weighted by Gasteiger charge is -2.14. The number of fused-ring (bicyclic) bond motifs is 8. The van der Waals surface area contributed by atoms with E-state index in [0.29, 0.717) is 0 Å². The molecular formula is C38H22N4. The van der Waals surface area contributed by atoms with Gasteiger partial charge in [-0.1, -0.05) is 72.8 Å². The van der Waals surface area contributed by atoms with Crippen LogP contribution >= 0.6 is 0 Å². The summed E-state index contributed by atoms with van der Waals surface area (Å²) in [5.74, 6) is 0. The molecule has 0 radical (unpaired) electrons. The van der Waals surface area contributed by atoms with Gasteiger partial charge in [0.05, 0.1) is 22.1 Å². The van der Waals surface area contributed by atoms with Crippen LogP contribution in [0.5, 0.6) is 0 Å². The Morgan fingerprint density at radius 3 is 1.26 bits per heavy atom. The van der Waals surface area contributed by atoms with Gasteiger partial charge in [0.2, 0.25) is 0 Å². The molecule has 194 valence electrons. The molecule has 5 aromatic carbocycles. The molecule has 0 aliphatic rings. The minimum atomic E-state index is 0.924. The van der Waals surface area contributed by atoms with Crippen molar-refractivity contribution in [3.63, 3.8) is 0 Å². The third-order valence-electron chi connectivity index (χ3n) is 8.35. The SMILES string of the molecule is c1ccc2cc3c(-c4cnc5c(ccc6cccnc65)c4)ccc(-c4cnc5c(ccc6cccnc65)c4)c3cc2c1. The summed E-state index contributed by atoms with van der Waals surface area (Å²) in [5, 5.41) is 9.15. The van der Waals surface area contributed by atoms with E-state index in [1.54, 1.807) is 0 Å². The molecule has 4 heterocycles. The van der Waals surface area contributed by atoms with Gasteiger partial charge in [-0.05, 0) is 69.1 Å². The van der Waals surface area contributed by atoms with Crippen LogP contribution in [0.25, 0.3) is 87.4 Å². The lowest BCUT2D eigenvalue weighted by Crippen LogP contribution is -1.91. The van der Waals surface area contributed by atoms with Gasteiger partial charge in [-0.3, -0.25) is 19.9 Å². The zero-order valence-corrected chi connectivity index (χ0v) is 22.5. The molecule has 4 nitrogen and oxygen atoms in total. The van der Waals surface area contributed by atoms with Crippen LogP contribution in [-0.2, 0) is 0 Å². The summed E-state index contributed by atoms with van der Waals surface area (Å²) < 4.78 is 0. The fourth-order valence-electron chi connectivity index (χ4n) is 6.30. The Bertz CT molecular complexity index is 2360. The van der Waals surface area contributed by atoms with Crippen LogP contribution in [0.2, 0.25) is 0 Å². The molecule has 0 saturated carbocycles. The zero-order valence-electron chi connectivity index (χ0n) is 22.5. The van der Waals surface area contributed by atoms with E-state index < -0.39 is 0 Å². The van der Waals surface area contributed by atoms with Gasteiger partial charge < -0.3 is 0 Å². The number of nitrogens with zero attached hydrogens (tertiary/aromatic N) is 4. The molecule has 0 spiro atoms. The van der Waals surface area contributed by atoms with Gasteiger partial charge >= 0.3 is 0 Å². The standard InChI is InChI=1S/C38H22N4/c1-2-6-26-20-34-32(30-18-28-12-10-24-8-4-16-40-36(24)38(28)42-22-30)14-13-31(33(34)19-25(26)5-1)29-17-27-11-9-23-7-3-15-39-35(23)37(27)41-21-29/h1-22H. The summed E-state index contributed by atoms with van der Waals surface area (Å²) >= 11 is 0. The molecule has 4 heteroatoms. The fraction of sp³-hybridized carbons (Fsp3) is 0. The van der Waals surface area contributed by atoms with Crippen molar-refractivity contribution in [1.29, 1.82) is 0 Å². The highest BCUT2D eigenvalue weighted by atomic mass is 14.7. The molecule has 0 amide bonds. The van der Waals surface area contributed by atoms with Crippen molar-refractivity contribution in [1.82, 2.24) is 19.9 Å². The van der Waals surface area contributed by atoms with Crippen molar-refractivity contribution in [2.24, 2.45) is 0 Å². The second-order valence-electron chi connectivity index (χ2n) is 10.8. The first-order chi connectivity index (χ1) is 20.8. The third-order valence-corrected chi connectivity index (χ3v) is 8.35. The Hall–Kier alpha value is -5.74. The molecule has 0 atom stereocenters. The highest BCUT2D eigenvalue weighted by Crippen LogP contribution is 2.39. The maximum atomic E-state index is 4.92. The Labute approximate surface area is 241 Å². The first kappa shape index (κ1) is 23.0. The second-order valence-corrected chi connectivity index (χ2v) is 10.8. The average Bonchev–Trinajstić information content (AvgIpc) is 3.06. The quantitative estimate of drug-likeness (QED) is 0.164. The lowest BCUT2D eigenvalue weighted by atomic mass is 9.90. The first-order valence-corrected chi connectivity index (χ1v) is 14.0. The molecule has 0 bridgehead atoms. The van der Waals surface area contributed by atoms with Crippen LogP contribution in [0.1, 0.15) is 0 Å². The number of hydrogen-bond donors (Lipinski definition) is 0. The predicted octanol–water partition coefficient (Wildman–Crippen LogP) is 9.52. The van der Waals surface area contributed by atoms with Gasteiger partial charge in [0.1, 0.15) is 0 Å². The van der Waals surface area contributed by atoms with Crippen molar-refractivity contribution < 1.29 is 0 Å². The number of hydrogen-bond acceptors (Lipinski definition) is 4. The van der Waals surface area contributed by atoms with E-state index in [4.69, 9.17) is 9.97 Å². The number of aromatic nitrogens is 4. The van der Waals surface area contributed by atoms with Crippen molar-refractivity contribution in [2.75, 3.05) is 0 Å². The van der Waals surface area contributed by atoms with Gasteiger partial charge in [-0.2, -0.15) is 0 Å². The highest BCUT2D eigenvalue weighted by molar-refractivity contribution is 6.13. The molecule has 0 unspecified atom stereocenters.